The quantitative estimate of drug-likeness (QED) is 0.806. The fourth-order valence-electron chi connectivity index (χ4n) is 2.50. The van der Waals surface area contributed by atoms with Crippen LogP contribution in [0.3, 0.4) is 0 Å². The van der Waals surface area contributed by atoms with Gasteiger partial charge in [-0.3, -0.25) is 10.1 Å². The third-order valence-corrected chi connectivity index (χ3v) is 3.51. The second kappa shape index (κ2) is 4.79. The molecule has 1 N–H and O–H groups in total. The molecule has 1 saturated heterocycles. The van der Waals surface area contributed by atoms with Crippen molar-refractivity contribution < 1.29 is 9.53 Å². The molecule has 0 aromatic heterocycles. The zero-order valence-electron chi connectivity index (χ0n) is 10.5. The van der Waals surface area contributed by atoms with E-state index in [1.165, 1.54) is 7.11 Å². The Morgan fingerprint density at radius 1 is 1.50 bits per heavy atom. The first-order chi connectivity index (χ1) is 8.60. The van der Waals surface area contributed by atoms with Crippen molar-refractivity contribution in [3.8, 4) is 6.07 Å². The predicted molar refractivity (Wildman–Crippen MR) is 66.5 cm³/mol. The second-order valence-corrected chi connectivity index (χ2v) is 4.82. The van der Waals surface area contributed by atoms with Crippen molar-refractivity contribution in [2.75, 3.05) is 7.11 Å². The summed E-state index contributed by atoms with van der Waals surface area (Å²) in [5, 5.41) is 12.6. The number of methoxy groups -OCH3 is 1. The van der Waals surface area contributed by atoms with E-state index in [0.29, 0.717) is 6.42 Å². The minimum atomic E-state index is -0.597. The molecule has 0 saturated carbocycles. The summed E-state index contributed by atoms with van der Waals surface area (Å²) >= 11 is 0. The topological polar surface area (TPSA) is 62.1 Å². The Labute approximate surface area is 107 Å². The second-order valence-electron chi connectivity index (χ2n) is 4.82. The largest absolute Gasteiger partial charge is 0.468 e. The van der Waals surface area contributed by atoms with Gasteiger partial charge in [0.1, 0.15) is 6.04 Å². The van der Waals surface area contributed by atoms with E-state index in [1.54, 1.807) is 0 Å². The van der Waals surface area contributed by atoms with Crippen LogP contribution < -0.4 is 5.32 Å². The molecule has 3 atom stereocenters. The van der Waals surface area contributed by atoms with Gasteiger partial charge in [-0.05, 0) is 18.9 Å². The number of nitrogens with one attached hydrogen (secondary N) is 1. The van der Waals surface area contributed by atoms with E-state index in [1.807, 2.05) is 37.3 Å². The average Bonchev–Trinajstić information content (AvgIpc) is 2.77. The van der Waals surface area contributed by atoms with Crippen molar-refractivity contribution in [2.45, 2.75) is 25.4 Å². The molecule has 4 nitrogen and oxygen atoms in total. The standard InChI is InChI=1S/C14H16N2O2/c1-14(9-15)8-11(13(17)18-2)16-12(14)10-6-4-3-5-7-10/h3-7,11-12,16H,8H2,1-2H3. The van der Waals surface area contributed by atoms with Gasteiger partial charge in [0.05, 0.1) is 24.6 Å². The van der Waals surface area contributed by atoms with Gasteiger partial charge < -0.3 is 4.74 Å². The van der Waals surface area contributed by atoms with Gasteiger partial charge in [-0.15, -0.1) is 0 Å². The number of rotatable bonds is 2. The Morgan fingerprint density at radius 2 is 2.17 bits per heavy atom. The Hall–Kier alpha value is -1.86. The van der Waals surface area contributed by atoms with E-state index >= 15 is 0 Å². The van der Waals surface area contributed by atoms with E-state index in [2.05, 4.69) is 11.4 Å². The summed E-state index contributed by atoms with van der Waals surface area (Å²) in [5.41, 5.74) is 0.424. The van der Waals surface area contributed by atoms with E-state index < -0.39 is 11.5 Å². The van der Waals surface area contributed by atoms with Crippen molar-refractivity contribution in [3.05, 3.63) is 35.9 Å². The van der Waals surface area contributed by atoms with Crippen LogP contribution in [0.5, 0.6) is 0 Å². The van der Waals surface area contributed by atoms with Gasteiger partial charge >= 0.3 is 5.97 Å². The molecular formula is C14H16N2O2. The van der Waals surface area contributed by atoms with Crippen molar-refractivity contribution >= 4 is 5.97 Å². The molecule has 1 aliphatic rings. The number of hydrogen-bond donors (Lipinski definition) is 1. The SMILES string of the molecule is COC(=O)C1CC(C)(C#N)C(c2ccccc2)N1. The van der Waals surface area contributed by atoms with Gasteiger partial charge in [0.2, 0.25) is 0 Å². The maximum atomic E-state index is 11.6. The molecule has 1 aromatic rings. The number of ether oxygens (including phenoxy) is 1. The van der Waals surface area contributed by atoms with Gasteiger partial charge in [0.15, 0.2) is 0 Å². The molecule has 1 fully saturated rings. The molecule has 18 heavy (non-hydrogen) atoms. The van der Waals surface area contributed by atoms with Crippen LogP contribution in [0.4, 0.5) is 0 Å². The Balaban J connectivity index is 2.30. The minimum Gasteiger partial charge on any atom is -0.468 e. The van der Waals surface area contributed by atoms with Gasteiger partial charge in [0.25, 0.3) is 0 Å². The number of esters is 1. The van der Waals surface area contributed by atoms with Crippen molar-refractivity contribution in [1.82, 2.24) is 5.32 Å². The van der Waals surface area contributed by atoms with Crippen LogP contribution in [0.2, 0.25) is 0 Å². The summed E-state index contributed by atoms with van der Waals surface area (Å²) in [5.74, 6) is -0.310. The van der Waals surface area contributed by atoms with Crippen molar-refractivity contribution in [1.29, 1.82) is 5.26 Å². The molecule has 1 aromatic carbocycles. The minimum absolute atomic E-state index is 0.146. The number of hydrogen-bond acceptors (Lipinski definition) is 4. The zero-order chi connectivity index (χ0) is 13.2. The van der Waals surface area contributed by atoms with Gasteiger partial charge in [0, 0.05) is 0 Å². The summed E-state index contributed by atoms with van der Waals surface area (Å²) in [7, 11) is 1.36. The summed E-state index contributed by atoms with van der Waals surface area (Å²) in [6.45, 7) is 1.88. The first-order valence-corrected chi connectivity index (χ1v) is 5.91. The number of benzene rings is 1. The molecule has 1 heterocycles. The highest BCUT2D eigenvalue weighted by Gasteiger charge is 2.47. The Kier molecular flexibility index (Phi) is 3.35. The molecule has 0 radical (unpaired) electrons. The van der Waals surface area contributed by atoms with Crippen molar-refractivity contribution in [2.24, 2.45) is 5.41 Å². The van der Waals surface area contributed by atoms with E-state index in [0.717, 1.165) is 5.56 Å². The van der Waals surface area contributed by atoms with Crippen LogP contribution in [0.25, 0.3) is 0 Å². The first kappa shape index (κ1) is 12.6. The summed E-state index contributed by atoms with van der Waals surface area (Å²) in [6, 6.07) is 11.5. The fraction of sp³-hybridized carbons (Fsp3) is 0.429. The van der Waals surface area contributed by atoms with Crippen LogP contribution in [-0.4, -0.2) is 19.1 Å². The molecular weight excluding hydrogens is 228 g/mol. The van der Waals surface area contributed by atoms with Crippen molar-refractivity contribution in [3.63, 3.8) is 0 Å². The van der Waals surface area contributed by atoms with Gasteiger partial charge in [-0.1, -0.05) is 30.3 Å². The molecule has 0 aliphatic carbocycles. The highest BCUT2D eigenvalue weighted by molar-refractivity contribution is 5.76. The molecule has 0 amide bonds. The summed E-state index contributed by atoms with van der Waals surface area (Å²) < 4.78 is 4.75. The Morgan fingerprint density at radius 3 is 2.72 bits per heavy atom. The predicted octanol–water partition coefficient (Wildman–Crippen LogP) is 1.79. The number of nitriles is 1. The molecule has 4 heteroatoms. The van der Waals surface area contributed by atoms with Crippen LogP contribution >= 0.6 is 0 Å². The lowest BCUT2D eigenvalue weighted by Crippen LogP contribution is -2.33. The average molecular weight is 244 g/mol. The van der Waals surface area contributed by atoms with Crippen LogP contribution in [0.15, 0.2) is 30.3 Å². The molecule has 0 bridgehead atoms. The molecule has 0 spiro atoms. The maximum Gasteiger partial charge on any atom is 0.322 e. The highest BCUT2D eigenvalue weighted by Crippen LogP contribution is 2.43. The maximum absolute atomic E-state index is 11.6. The third kappa shape index (κ3) is 2.09. The zero-order valence-corrected chi connectivity index (χ0v) is 10.5. The van der Waals surface area contributed by atoms with E-state index in [9.17, 15) is 10.1 Å². The third-order valence-electron chi connectivity index (χ3n) is 3.51. The normalized spacial score (nSPS) is 30.7. The summed E-state index contributed by atoms with van der Waals surface area (Å²) in [4.78, 5) is 11.6. The number of carbonyl (C=O) groups excluding carboxylic acids is 1. The number of nitrogens with zero attached hydrogens (tertiary/aromatic N) is 1. The van der Waals surface area contributed by atoms with Crippen LogP contribution in [-0.2, 0) is 9.53 Å². The van der Waals surface area contributed by atoms with Gasteiger partial charge in [-0.25, -0.2) is 0 Å². The fourth-order valence-corrected chi connectivity index (χ4v) is 2.50. The molecule has 3 unspecified atom stereocenters. The highest BCUT2D eigenvalue weighted by atomic mass is 16.5. The van der Waals surface area contributed by atoms with Crippen LogP contribution in [0.1, 0.15) is 24.9 Å². The lowest BCUT2D eigenvalue weighted by molar-refractivity contribution is -0.142. The van der Waals surface area contributed by atoms with E-state index in [-0.39, 0.29) is 12.0 Å². The lowest BCUT2D eigenvalue weighted by Gasteiger charge is -2.23. The number of carbonyl (C=O) groups is 1. The molecule has 2 rings (SSSR count). The van der Waals surface area contributed by atoms with E-state index in [4.69, 9.17) is 4.74 Å². The first-order valence-electron chi connectivity index (χ1n) is 5.91. The summed E-state index contributed by atoms with van der Waals surface area (Å²) in [6.07, 6.45) is 0.468. The molecule has 94 valence electrons. The Bertz CT molecular complexity index is 480. The molecule has 1 aliphatic heterocycles. The lowest BCUT2D eigenvalue weighted by atomic mass is 9.80. The van der Waals surface area contributed by atoms with Crippen LogP contribution in [0, 0.1) is 16.7 Å². The smallest absolute Gasteiger partial charge is 0.322 e. The monoisotopic (exact) mass is 244 g/mol. The van der Waals surface area contributed by atoms with Gasteiger partial charge in [-0.2, -0.15) is 5.26 Å².